The highest BCUT2D eigenvalue weighted by molar-refractivity contribution is 5.83. The molecule has 1 aromatic rings. The molecule has 0 aliphatic heterocycles. The maximum atomic E-state index is 12.2. The van der Waals surface area contributed by atoms with Crippen molar-refractivity contribution in [2.45, 2.75) is 44.9 Å². The first-order valence-corrected chi connectivity index (χ1v) is 7.19. The first-order chi connectivity index (χ1) is 9.65. The Morgan fingerprint density at radius 1 is 1.20 bits per heavy atom. The Morgan fingerprint density at radius 2 is 1.90 bits per heavy atom. The first kappa shape index (κ1) is 16.2. The highest BCUT2D eigenvalue weighted by atomic mass is 16.4. The van der Waals surface area contributed by atoms with E-state index in [9.17, 15) is 9.59 Å². The molecular formula is C16H23NO3. The van der Waals surface area contributed by atoms with Crippen LogP contribution in [0, 0.1) is 0 Å². The molecule has 0 aliphatic carbocycles. The second-order valence-corrected chi connectivity index (χ2v) is 4.89. The van der Waals surface area contributed by atoms with Gasteiger partial charge in [-0.05, 0) is 24.8 Å². The standard InChI is InChI=1S/C16H23NO3/c1-2-8-14(13-9-4-3-5-10-13)16(20)17-12-7-6-11-15(18)19/h3-5,9-10,14H,2,6-8,11-12H2,1H3,(H,17,20)(H,18,19). The van der Waals surface area contributed by atoms with Crippen LogP contribution in [0.25, 0.3) is 0 Å². The molecular weight excluding hydrogens is 254 g/mol. The van der Waals surface area contributed by atoms with Gasteiger partial charge < -0.3 is 10.4 Å². The van der Waals surface area contributed by atoms with E-state index in [1.807, 2.05) is 30.3 Å². The van der Waals surface area contributed by atoms with Crippen LogP contribution >= 0.6 is 0 Å². The van der Waals surface area contributed by atoms with Crippen molar-refractivity contribution < 1.29 is 14.7 Å². The van der Waals surface area contributed by atoms with Crippen LogP contribution in [-0.4, -0.2) is 23.5 Å². The van der Waals surface area contributed by atoms with E-state index in [2.05, 4.69) is 12.2 Å². The average Bonchev–Trinajstić information content (AvgIpc) is 2.44. The molecule has 20 heavy (non-hydrogen) atoms. The van der Waals surface area contributed by atoms with Gasteiger partial charge in [-0.1, -0.05) is 43.7 Å². The number of carbonyl (C=O) groups is 2. The van der Waals surface area contributed by atoms with E-state index in [1.54, 1.807) is 0 Å². The molecule has 0 heterocycles. The van der Waals surface area contributed by atoms with Crippen LogP contribution in [0.3, 0.4) is 0 Å². The zero-order valence-electron chi connectivity index (χ0n) is 12.0. The fraction of sp³-hybridized carbons (Fsp3) is 0.500. The smallest absolute Gasteiger partial charge is 0.303 e. The lowest BCUT2D eigenvalue weighted by Gasteiger charge is -2.16. The van der Waals surface area contributed by atoms with Crippen LogP contribution in [0.4, 0.5) is 0 Å². The minimum absolute atomic E-state index is 0.0355. The first-order valence-electron chi connectivity index (χ1n) is 7.19. The maximum absolute atomic E-state index is 12.2. The highest BCUT2D eigenvalue weighted by Crippen LogP contribution is 2.21. The van der Waals surface area contributed by atoms with Gasteiger partial charge in [0.25, 0.3) is 0 Å². The van der Waals surface area contributed by atoms with Gasteiger partial charge in [-0.3, -0.25) is 9.59 Å². The van der Waals surface area contributed by atoms with Crippen LogP contribution in [0.1, 0.15) is 50.5 Å². The molecule has 4 nitrogen and oxygen atoms in total. The molecule has 0 fully saturated rings. The molecule has 110 valence electrons. The van der Waals surface area contributed by atoms with E-state index in [4.69, 9.17) is 5.11 Å². The topological polar surface area (TPSA) is 66.4 Å². The minimum atomic E-state index is -0.788. The monoisotopic (exact) mass is 277 g/mol. The van der Waals surface area contributed by atoms with E-state index in [1.165, 1.54) is 0 Å². The largest absolute Gasteiger partial charge is 0.481 e. The molecule has 2 N–H and O–H groups in total. The second kappa shape index (κ2) is 9.13. The van der Waals surface area contributed by atoms with Crippen molar-refractivity contribution in [2.75, 3.05) is 6.54 Å². The fourth-order valence-electron chi connectivity index (χ4n) is 2.16. The Bertz CT molecular complexity index is 417. The number of hydrogen-bond acceptors (Lipinski definition) is 2. The van der Waals surface area contributed by atoms with Gasteiger partial charge in [0.15, 0.2) is 0 Å². The van der Waals surface area contributed by atoms with Crippen molar-refractivity contribution >= 4 is 11.9 Å². The molecule has 1 rings (SSSR count). The number of aliphatic carboxylic acids is 1. The quantitative estimate of drug-likeness (QED) is 0.682. The van der Waals surface area contributed by atoms with Crippen molar-refractivity contribution in [3.63, 3.8) is 0 Å². The van der Waals surface area contributed by atoms with E-state index in [-0.39, 0.29) is 18.2 Å². The number of carboxylic acid groups (broad SMARTS) is 1. The predicted molar refractivity (Wildman–Crippen MR) is 78.6 cm³/mol. The lowest BCUT2D eigenvalue weighted by Crippen LogP contribution is -2.30. The summed E-state index contributed by atoms with van der Waals surface area (Å²) >= 11 is 0. The SMILES string of the molecule is CCCC(C(=O)NCCCCC(=O)O)c1ccccc1. The molecule has 4 heteroatoms. The summed E-state index contributed by atoms with van der Waals surface area (Å²) in [6.07, 6.45) is 3.23. The summed E-state index contributed by atoms with van der Waals surface area (Å²) in [5.74, 6) is -0.862. The van der Waals surface area contributed by atoms with Gasteiger partial charge in [0.2, 0.25) is 5.91 Å². The lowest BCUT2D eigenvalue weighted by molar-refractivity contribution is -0.137. The van der Waals surface area contributed by atoms with E-state index >= 15 is 0 Å². The molecule has 1 atom stereocenters. The summed E-state index contributed by atoms with van der Waals surface area (Å²) in [6.45, 7) is 2.61. The number of unbranched alkanes of at least 4 members (excludes halogenated alkanes) is 1. The summed E-state index contributed by atoms with van der Waals surface area (Å²) in [5.41, 5.74) is 1.04. The number of hydrogen-bond donors (Lipinski definition) is 2. The van der Waals surface area contributed by atoms with Gasteiger partial charge in [0.05, 0.1) is 5.92 Å². The van der Waals surface area contributed by atoms with Gasteiger partial charge in [0.1, 0.15) is 0 Å². The fourth-order valence-corrected chi connectivity index (χ4v) is 2.16. The van der Waals surface area contributed by atoms with Crippen molar-refractivity contribution in [3.8, 4) is 0 Å². The Hall–Kier alpha value is -1.84. The molecule has 0 aliphatic rings. The van der Waals surface area contributed by atoms with Crippen molar-refractivity contribution in [2.24, 2.45) is 0 Å². The normalized spacial score (nSPS) is 11.8. The molecule has 0 saturated heterocycles. The van der Waals surface area contributed by atoms with Gasteiger partial charge in [-0.25, -0.2) is 0 Å². The van der Waals surface area contributed by atoms with Gasteiger partial charge in [0, 0.05) is 13.0 Å². The van der Waals surface area contributed by atoms with Gasteiger partial charge in [-0.2, -0.15) is 0 Å². The molecule has 0 aromatic heterocycles. The zero-order valence-corrected chi connectivity index (χ0v) is 12.0. The number of carboxylic acids is 1. The Labute approximate surface area is 120 Å². The van der Waals surface area contributed by atoms with Crippen molar-refractivity contribution in [3.05, 3.63) is 35.9 Å². The Morgan fingerprint density at radius 3 is 2.50 bits per heavy atom. The van der Waals surface area contributed by atoms with Crippen LogP contribution in [0.2, 0.25) is 0 Å². The summed E-state index contributed by atoms with van der Waals surface area (Å²) in [5, 5.41) is 11.4. The van der Waals surface area contributed by atoms with E-state index < -0.39 is 5.97 Å². The summed E-state index contributed by atoms with van der Waals surface area (Å²) in [4.78, 5) is 22.6. The molecule has 1 unspecified atom stereocenters. The van der Waals surface area contributed by atoms with Crippen LogP contribution < -0.4 is 5.32 Å². The Balaban J connectivity index is 2.43. The second-order valence-electron chi connectivity index (χ2n) is 4.89. The predicted octanol–water partition coefficient (Wildman–Crippen LogP) is 2.94. The Kier molecular flexibility index (Phi) is 7.40. The molecule has 1 aromatic carbocycles. The van der Waals surface area contributed by atoms with Gasteiger partial charge >= 0.3 is 5.97 Å². The molecule has 0 spiro atoms. The minimum Gasteiger partial charge on any atom is -0.481 e. The molecule has 0 saturated carbocycles. The number of carbonyl (C=O) groups excluding carboxylic acids is 1. The van der Waals surface area contributed by atoms with Crippen molar-refractivity contribution in [1.29, 1.82) is 0 Å². The van der Waals surface area contributed by atoms with Gasteiger partial charge in [-0.15, -0.1) is 0 Å². The van der Waals surface area contributed by atoms with E-state index in [0.717, 1.165) is 18.4 Å². The maximum Gasteiger partial charge on any atom is 0.303 e. The van der Waals surface area contributed by atoms with Crippen molar-refractivity contribution in [1.82, 2.24) is 5.32 Å². The highest BCUT2D eigenvalue weighted by Gasteiger charge is 2.18. The van der Waals surface area contributed by atoms with E-state index in [0.29, 0.717) is 19.4 Å². The molecule has 0 bridgehead atoms. The summed E-state index contributed by atoms with van der Waals surface area (Å²) < 4.78 is 0. The summed E-state index contributed by atoms with van der Waals surface area (Å²) in [7, 11) is 0. The number of rotatable bonds is 9. The van der Waals surface area contributed by atoms with Crippen LogP contribution in [0.15, 0.2) is 30.3 Å². The molecule has 0 radical (unpaired) electrons. The number of amides is 1. The third kappa shape index (κ3) is 5.87. The number of nitrogens with one attached hydrogen (secondary N) is 1. The third-order valence-electron chi connectivity index (χ3n) is 3.21. The summed E-state index contributed by atoms with van der Waals surface area (Å²) in [6, 6.07) is 9.78. The zero-order chi connectivity index (χ0) is 14.8. The number of benzene rings is 1. The average molecular weight is 277 g/mol. The van der Waals surface area contributed by atoms with Crippen LogP contribution in [0.5, 0.6) is 0 Å². The lowest BCUT2D eigenvalue weighted by atomic mass is 9.93. The third-order valence-corrected chi connectivity index (χ3v) is 3.21. The molecule has 1 amide bonds. The van der Waals surface area contributed by atoms with Crippen LogP contribution in [-0.2, 0) is 9.59 Å².